The molecule has 0 radical (unpaired) electrons. The van der Waals surface area contributed by atoms with Crippen molar-refractivity contribution in [2.75, 3.05) is 13.1 Å². The Morgan fingerprint density at radius 3 is 2.78 bits per heavy atom. The Hall–Kier alpha value is -0.320. The normalized spacial score (nSPS) is 27.3. The van der Waals surface area contributed by atoms with Gasteiger partial charge in [0.05, 0.1) is 6.04 Å². The fourth-order valence-corrected chi connectivity index (χ4v) is 3.05. The maximum atomic E-state index is 5.71. The van der Waals surface area contributed by atoms with E-state index in [1.807, 2.05) is 6.07 Å². The summed E-state index contributed by atoms with van der Waals surface area (Å²) in [6.45, 7) is 8.94. The van der Waals surface area contributed by atoms with Crippen LogP contribution >= 0.6 is 15.9 Å². The topological polar surface area (TPSA) is 28.4 Å². The first-order valence-corrected chi connectivity index (χ1v) is 7.69. The van der Waals surface area contributed by atoms with Crippen LogP contribution in [0.15, 0.2) is 21.2 Å². The van der Waals surface area contributed by atoms with Gasteiger partial charge >= 0.3 is 0 Å². The lowest BCUT2D eigenvalue weighted by atomic mass is 10.0. The van der Waals surface area contributed by atoms with E-state index >= 15 is 0 Å². The molecule has 102 valence electrons. The van der Waals surface area contributed by atoms with E-state index in [-0.39, 0.29) is 0 Å². The van der Waals surface area contributed by atoms with Crippen molar-refractivity contribution in [2.45, 2.75) is 51.7 Å². The highest BCUT2D eigenvalue weighted by atomic mass is 79.9. The van der Waals surface area contributed by atoms with E-state index in [4.69, 9.17) is 4.42 Å². The third-order valence-corrected chi connectivity index (χ3v) is 4.44. The first-order chi connectivity index (χ1) is 8.65. The molecule has 1 saturated heterocycles. The summed E-state index contributed by atoms with van der Waals surface area (Å²) in [6.07, 6.45) is 2.36. The second kappa shape index (κ2) is 6.22. The Morgan fingerprint density at radius 2 is 2.22 bits per heavy atom. The van der Waals surface area contributed by atoms with Crippen molar-refractivity contribution in [3.8, 4) is 0 Å². The SMILES string of the molecule is CCC1CN(C(C)c2ccc(Br)o2)C(CC)CN1. The van der Waals surface area contributed by atoms with Gasteiger partial charge in [0.15, 0.2) is 4.67 Å². The van der Waals surface area contributed by atoms with Gasteiger partial charge in [-0.15, -0.1) is 0 Å². The molecule has 1 aliphatic heterocycles. The van der Waals surface area contributed by atoms with Gasteiger partial charge in [-0.3, -0.25) is 4.90 Å². The monoisotopic (exact) mass is 314 g/mol. The van der Waals surface area contributed by atoms with E-state index in [2.05, 4.69) is 53.0 Å². The number of nitrogens with one attached hydrogen (secondary N) is 1. The van der Waals surface area contributed by atoms with Gasteiger partial charge in [-0.25, -0.2) is 0 Å². The average molecular weight is 315 g/mol. The van der Waals surface area contributed by atoms with Crippen LogP contribution in [0.4, 0.5) is 0 Å². The molecule has 3 atom stereocenters. The Morgan fingerprint density at radius 1 is 1.44 bits per heavy atom. The molecule has 1 N–H and O–H groups in total. The van der Waals surface area contributed by atoms with Crippen molar-refractivity contribution in [3.63, 3.8) is 0 Å². The number of halogens is 1. The fourth-order valence-electron chi connectivity index (χ4n) is 2.73. The molecule has 2 heterocycles. The summed E-state index contributed by atoms with van der Waals surface area (Å²) in [6, 6.07) is 5.61. The first-order valence-electron chi connectivity index (χ1n) is 6.90. The molecule has 1 aromatic heterocycles. The molecule has 0 aliphatic carbocycles. The number of furan rings is 1. The third-order valence-electron chi connectivity index (χ3n) is 4.01. The van der Waals surface area contributed by atoms with Crippen LogP contribution in [0, 0.1) is 0 Å². The van der Waals surface area contributed by atoms with Gasteiger partial charge in [0.2, 0.25) is 0 Å². The number of rotatable bonds is 4. The van der Waals surface area contributed by atoms with Crippen LogP contribution in [0.5, 0.6) is 0 Å². The van der Waals surface area contributed by atoms with Crippen LogP contribution in [0.2, 0.25) is 0 Å². The molecule has 0 bridgehead atoms. The summed E-state index contributed by atoms with van der Waals surface area (Å²) in [5.41, 5.74) is 0. The second-order valence-corrected chi connectivity index (χ2v) is 5.87. The van der Waals surface area contributed by atoms with Crippen LogP contribution in [0.1, 0.15) is 45.4 Å². The molecule has 0 saturated carbocycles. The van der Waals surface area contributed by atoms with Crippen LogP contribution in [0.3, 0.4) is 0 Å². The van der Waals surface area contributed by atoms with Crippen molar-refractivity contribution in [1.29, 1.82) is 0 Å². The molecule has 0 amide bonds. The van der Waals surface area contributed by atoms with Gasteiger partial charge < -0.3 is 9.73 Å². The molecule has 1 fully saturated rings. The standard InChI is InChI=1S/C14H23BrN2O/c1-4-11-9-17(12(5-2)8-16-11)10(3)13-6-7-14(15)18-13/h6-7,10-12,16H,4-5,8-9H2,1-3H3. The Bertz CT molecular complexity index is 380. The molecular formula is C14H23BrN2O. The Kier molecular flexibility index (Phi) is 4.87. The minimum atomic E-state index is 0.345. The third kappa shape index (κ3) is 2.98. The van der Waals surface area contributed by atoms with Crippen molar-refractivity contribution in [3.05, 3.63) is 22.6 Å². The Labute approximate surface area is 118 Å². The summed E-state index contributed by atoms with van der Waals surface area (Å²) in [7, 11) is 0. The molecule has 0 aromatic carbocycles. The molecule has 18 heavy (non-hydrogen) atoms. The van der Waals surface area contributed by atoms with E-state index in [0.717, 1.165) is 23.5 Å². The molecular weight excluding hydrogens is 292 g/mol. The van der Waals surface area contributed by atoms with Gasteiger partial charge in [0.1, 0.15) is 5.76 Å². The van der Waals surface area contributed by atoms with E-state index in [9.17, 15) is 0 Å². The zero-order valence-corrected chi connectivity index (χ0v) is 13.0. The molecule has 2 rings (SSSR count). The fraction of sp³-hybridized carbons (Fsp3) is 0.714. The van der Waals surface area contributed by atoms with Gasteiger partial charge in [0.25, 0.3) is 0 Å². The smallest absolute Gasteiger partial charge is 0.169 e. The minimum absolute atomic E-state index is 0.345. The maximum absolute atomic E-state index is 5.71. The van der Waals surface area contributed by atoms with E-state index < -0.39 is 0 Å². The lowest BCUT2D eigenvalue weighted by Gasteiger charge is -2.42. The van der Waals surface area contributed by atoms with Gasteiger partial charge in [-0.1, -0.05) is 13.8 Å². The van der Waals surface area contributed by atoms with Crippen molar-refractivity contribution >= 4 is 15.9 Å². The quantitative estimate of drug-likeness (QED) is 0.921. The molecule has 4 heteroatoms. The van der Waals surface area contributed by atoms with Crippen molar-refractivity contribution < 1.29 is 4.42 Å². The zero-order chi connectivity index (χ0) is 13.1. The van der Waals surface area contributed by atoms with Gasteiger partial charge in [-0.2, -0.15) is 0 Å². The highest BCUT2D eigenvalue weighted by Gasteiger charge is 2.31. The molecule has 0 spiro atoms. The summed E-state index contributed by atoms with van der Waals surface area (Å²) < 4.78 is 6.53. The maximum Gasteiger partial charge on any atom is 0.169 e. The summed E-state index contributed by atoms with van der Waals surface area (Å²) in [5.74, 6) is 1.05. The average Bonchev–Trinajstić information content (AvgIpc) is 2.83. The van der Waals surface area contributed by atoms with Gasteiger partial charge in [-0.05, 0) is 47.8 Å². The van der Waals surface area contributed by atoms with E-state index in [1.165, 1.54) is 12.8 Å². The van der Waals surface area contributed by atoms with E-state index in [0.29, 0.717) is 18.1 Å². The van der Waals surface area contributed by atoms with Crippen LogP contribution in [-0.2, 0) is 0 Å². The van der Waals surface area contributed by atoms with Crippen LogP contribution in [-0.4, -0.2) is 30.1 Å². The first kappa shape index (κ1) is 14.1. The van der Waals surface area contributed by atoms with Crippen molar-refractivity contribution in [2.24, 2.45) is 0 Å². The number of hydrogen-bond donors (Lipinski definition) is 1. The molecule has 1 aliphatic rings. The summed E-state index contributed by atoms with van der Waals surface area (Å²) >= 11 is 3.38. The zero-order valence-electron chi connectivity index (χ0n) is 11.4. The number of piperazine rings is 1. The highest BCUT2D eigenvalue weighted by molar-refractivity contribution is 9.10. The lowest BCUT2D eigenvalue weighted by molar-refractivity contribution is 0.0745. The van der Waals surface area contributed by atoms with Crippen LogP contribution < -0.4 is 5.32 Å². The minimum Gasteiger partial charge on any atom is -0.453 e. The lowest BCUT2D eigenvalue weighted by Crippen LogP contribution is -2.56. The van der Waals surface area contributed by atoms with Crippen LogP contribution in [0.25, 0.3) is 0 Å². The number of nitrogens with zero attached hydrogens (tertiary/aromatic N) is 1. The highest BCUT2D eigenvalue weighted by Crippen LogP contribution is 2.28. The molecule has 3 unspecified atom stereocenters. The van der Waals surface area contributed by atoms with E-state index in [1.54, 1.807) is 0 Å². The molecule has 1 aromatic rings. The summed E-state index contributed by atoms with van der Waals surface area (Å²) in [4.78, 5) is 2.58. The molecule has 3 nitrogen and oxygen atoms in total. The number of hydrogen-bond acceptors (Lipinski definition) is 3. The Balaban J connectivity index is 2.12. The predicted octanol–water partition coefficient (Wildman–Crippen LogP) is 3.57. The van der Waals surface area contributed by atoms with Gasteiger partial charge in [0, 0.05) is 25.2 Å². The second-order valence-electron chi connectivity index (χ2n) is 5.09. The summed E-state index contributed by atoms with van der Waals surface area (Å²) in [5, 5.41) is 3.63. The van der Waals surface area contributed by atoms with Crippen molar-refractivity contribution in [1.82, 2.24) is 10.2 Å². The predicted molar refractivity (Wildman–Crippen MR) is 77.7 cm³/mol. The largest absolute Gasteiger partial charge is 0.453 e.